The Kier molecular flexibility index (Phi) is 6.88. The van der Waals surface area contributed by atoms with Crippen molar-refractivity contribution in [3.05, 3.63) is 82.2 Å². The van der Waals surface area contributed by atoms with Crippen LogP contribution < -0.4 is 9.64 Å². The van der Waals surface area contributed by atoms with Crippen molar-refractivity contribution in [1.29, 1.82) is 0 Å². The maximum absolute atomic E-state index is 13.5. The number of anilines is 2. The van der Waals surface area contributed by atoms with Gasteiger partial charge in [0.2, 0.25) is 5.91 Å². The fourth-order valence-corrected chi connectivity index (χ4v) is 6.44. The zero-order valence-electron chi connectivity index (χ0n) is 18.6. The van der Waals surface area contributed by atoms with E-state index in [0.717, 1.165) is 26.7 Å². The minimum absolute atomic E-state index is 0.110. The fraction of sp³-hybridized carbons (Fsp3) is 0.115. The van der Waals surface area contributed by atoms with Crippen molar-refractivity contribution in [1.82, 2.24) is 4.90 Å². The van der Waals surface area contributed by atoms with E-state index in [-0.39, 0.29) is 24.8 Å². The largest absolute Gasteiger partial charge is 0.496 e. The number of thioether (sulfide) groups is 1. The van der Waals surface area contributed by atoms with Crippen molar-refractivity contribution in [2.45, 2.75) is 16.2 Å². The number of amides is 2. The lowest BCUT2D eigenvalue weighted by molar-refractivity contribution is -0.123. The number of fused-ring (bicyclic) bond motifs is 2. The monoisotopic (exact) mass is 538 g/mol. The summed E-state index contributed by atoms with van der Waals surface area (Å²) in [4.78, 5) is 32.2. The molecule has 3 aromatic rings. The number of halogens is 1. The van der Waals surface area contributed by atoms with Crippen LogP contribution in [0.1, 0.15) is 12.0 Å². The van der Waals surface area contributed by atoms with Gasteiger partial charge in [-0.2, -0.15) is 0 Å². The zero-order chi connectivity index (χ0) is 24.5. The number of nitrogens with zero attached hydrogens (tertiary/aromatic N) is 2. The smallest absolute Gasteiger partial charge is 0.266 e. The van der Waals surface area contributed by atoms with E-state index in [1.54, 1.807) is 35.9 Å². The van der Waals surface area contributed by atoms with E-state index in [1.807, 2.05) is 60.7 Å². The SMILES string of the molecule is COc1ccccc1/C=C1\SC(=S)N(CCC(=O)N2c3ccccc3Sc3ccc(Cl)cc32)C1=O. The van der Waals surface area contributed by atoms with E-state index in [0.29, 0.717) is 20.0 Å². The summed E-state index contributed by atoms with van der Waals surface area (Å²) in [5.74, 6) is 0.327. The number of methoxy groups -OCH3 is 1. The summed E-state index contributed by atoms with van der Waals surface area (Å²) < 4.78 is 5.82. The number of carbonyl (C=O) groups excluding carboxylic acids is 2. The minimum atomic E-state index is -0.211. The summed E-state index contributed by atoms with van der Waals surface area (Å²) in [6, 6.07) is 20.8. The Morgan fingerprint density at radius 3 is 2.60 bits per heavy atom. The van der Waals surface area contributed by atoms with E-state index in [9.17, 15) is 9.59 Å². The van der Waals surface area contributed by atoms with Crippen LogP contribution in [-0.4, -0.2) is 34.7 Å². The summed E-state index contributed by atoms with van der Waals surface area (Å²) in [6.07, 6.45) is 1.88. The second-order valence-corrected chi connectivity index (χ2v) is 10.9. The Bertz CT molecular complexity index is 1390. The second-order valence-electron chi connectivity index (χ2n) is 7.74. The van der Waals surface area contributed by atoms with Gasteiger partial charge in [-0.25, -0.2) is 0 Å². The number of rotatable bonds is 5. The van der Waals surface area contributed by atoms with Crippen LogP contribution in [0.25, 0.3) is 6.08 Å². The quantitative estimate of drug-likeness (QED) is 0.264. The first kappa shape index (κ1) is 23.9. The molecule has 1 saturated heterocycles. The van der Waals surface area contributed by atoms with E-state index in [4.69, 9.17) is 28.6 Å². The summed E-state index contributed by atoms with van der Waals surface area (Å²) in [7, 11) is 1.59. The van der Waals surface area contributed by atoms with Crippen LogP contribution in [0, 0.1) is 0 Å². The highest BCUT2D eigenvalue weighted by molar-refractivity contribution is 8.26. The highest BCUT2D eigenvalue weighted by Crippen LogP contribution is 2.49. The van der Waals surface area contributed by atoms with Crippen LogP contribution in [0.5, 0.6) is 5.75 Å². The molecule has 176 valence electrons. The molecule has 0 radical (unpaired) electrons. The average molecular weight is 539 g/mol. The van der Waals surface area contributed by atoms with Crippen LogP contribution in [0.4, 0.5) is 11.4 Å². The van der Waals surface area contributed by atoms with Gasteiger partial charge < -0.3 is 4.74 Å². The third kappa shape index (κ3) is 4.71. The minimum Gasteiger partial charge on any atom is -0.496 e. The lowest BCUT2D eigenvalue weighted by Gasteiger charge is -2.31. The van der Waals surface area contributed by atoms with Gasteiger partial charge in [-0.1, -0.05) is 77.7 Å². The molecule has 35 heavy (non-hydrogen) atoms. The van der Waals surface area contributed by atoms with Crippen molar-refractivity contribution in [3.63, 3.8) is 0 Å². The first-order valence-corrected chi connectivity index (χ1v) is 13.2. The molecule has 0 atom stereocenters. The van der Waals surface area contributed by atoms with Crippen LogP contribution >= 0.6 is 47.3 Å². The number of para-hydroxylation sites is 2. The van der Waals surface area contributed by atoms with Crippen molar-refractivity contribution < 1.29 is 14.3 Å². The number of ether oxygens (including phenoxy) is 1. The molecule has 5 nitrogen and oxygen atoms in total. The first-order chi connectivity index (χ1) is 17.0. The van der Waals surface area contributed by atoms with Gasteiger partial charge in [-0.15, -0.1) is 0 Å². The Morgan fingerprint density at radius 1 is 1.03 bits per heavy atom. The molecule has 0 saturated carbocycles. The number of benzene rings is 3. The number of hydrogen-bond acceptors (Lipinski definition) is 6. The van der Waals surface area contributed by atoms with Gasteiger partial charge in [0, 0.05) is 33.3 Å². The molecule has 9 heteroatoms. The maximum Gasteiger partial charge on any atom is 0.266 e. The molecule has 2 aliphatic rings. The van der Waals surface area contributed by atoms with Crippen molar-refractivity contribution >= 4 is 80.9 Å². The molecule has 3 aromatic carbocycles. The molecule has 2 heterocycles. The number of carbonyl (C=O) groups is 2. The van der Waals surface area contributed by atoms with Crippen molar-refractivity contribution in [2.75, 3.05) is 18.6 Å². The summed E-state index contributed by atoms with van der Waals surface area (Å²) >= 11 is 14.6. The molecule has 2 amide bonds. The predicted molar refractivity (Wildman–Crippen MR) is 147 cm³/mol. The molecule has 0 aliphatic carbocycles. The lowest BCUT2D eigenvalue weighted by Crippen LogP contribution is -2.35. The topological polar surface area (TPSA) is 49.9 Å². The zero-order valence-corrected chi connectivity index (χ0v) is 21.8. The van der Waals surface area contributed by atoms with E-state index >= 15 is 0 Å². The molecule has 0 bridgehead atoms. The molecular formula is C26H19ClN2O3S3. The Hall–Kier alpha value is -2.78. The number of thiocarbonyl (C=S) groups is 1. The molecular weight excluding hydrogens is 520 g/mol. The van der Waals surface area contributed by atoms with Crippen LogP contribution in [0.2, 0.25) is 5.02 Å². The molecule has 1 fully saturated rings. The van der Waals surface area contributed by atoms with Crippen molar-refractivity contribution in [2.24, 2.45) is 0 Å². The Morgan fingerprint density at radius 2 is 1.77 bits per heavy atom. The Balaban J connectivity index is 1.37. The highest BCUT2D eigenvalue weighted by Gasteiger charge is 2.34. The van der Waals surface area contributed by atoms with Crippen molar-refractivity contribution in [3.8, 4) is 5.75 Å². The van der Waals surface area contributed by atoms with Gasteiger partial charge in [-0.3, -0.25) is 19.4 Å². The van der Waals surface area contributed by atoms with E-state index in [1.165, 1.54) is 16.7 Å². The third-order valence-electron chi connectivity index (χ3n) is 5.59. The lowest BCUT2D eigenvalue weighted by atomic mass is 10.2. The molecule has 2 aliphatic heterocycles. The number of hydrogen-bond donors (Lipinski definition) is 0. The van der Waals surface area contributed by atoms with Crippen LogP contribution in [-0.2, 0) is 9.59 Å². The molecule has 5 rings (SSSR count). The van der Waals surface area contributed by atoms with E-state index in [2.05, 4.69) is 0 Å². The van der Waals surface area contributed by atoms with Gasteiger partial charge in [0.25, 0.3) is 5.91 Å². The van der Waals surface area contributed by atoms with Gasteiger partial charge in [0.15, 0.2) is 0 Å². The molecule has 0 spiro atoms. The normalized spacial score (nSPS) is 15.9. The summed E-state index contributed by atoms with van der Waals surface area (Å²) in [6.45, 7) is 0.189. The van der Waals surface area contributed by atoms with Gasteiger partial charge in [-0.05, 0) is 42.5 Å². The maximum atomic E-state index is 13.5. The summed E-state index contributed by atoms with van der Waals surface area (Å²) in [5.41, 5.74) is 2.34. The standard InChI is InChI=1S/C26H19ClN2O3S3/c1-32-20-8-4-2-6-16(20)14-23-25(31)28(26(33)35-23)13-12-24(30)29-18-7-3-5-9-21(18)34-22-11-10-17(27)15-19(22)29/h2-11,14-15H,12-13H2,1H3/b23-14-. The van der Waals surface area contributed by atoms with E-state index < -0.39 is 0 Å². The van der Waals surface area contributed by atoms with Gasteiger partial charge in [0.05, 0.1) is 23.4 Å². The van der Waals surface area contributed by atoms with Gasteiger partial charge in [0.1, 0.15) is 10.1 Å². The summed E-state index contributed by atoms with van der Waals surface area (Å²) in [5, 5.41) is 0.556. The van der Waals surface area contributed by atoms with Crippen LogP contribution in [0.3, 0.4) is 0 Å². The average Bonchev–Trinajstić information content (AvgIpc) is 3.13. The molecule has 0 unspecified atom stereocenters. The highest BCUT2D eigenvalue weighted by atomic mass is 35.5. The predicted octanol–water partition coefficient (Wildman–Crippen LogP) is 6.77. The molecule has 0 N–H and O–H groups in total. The van der Waals surface area contributed by atoms with Crippen LogP contribution in [0.15, 0.2) is 81.4 Å². The fourth-order valence-electron chi connectivity index (χ4n) is 3.94. The second kappa shape index (κ2) is 10.1. The first-order valence-electron chi connectivity index (χ1n) is 10.7. The Labute approximate surface area is 222 Å². The third-order valence-corrected chi connectivity index (χ3v) is 8.33. The van der Waals surface area contributed by atoms with Gasteiger partial charge >= 0.3 is 0 Å². The molecule has 0 aromatic heterocycles.